The lowest BCUT2D eigenvalue weighted by molar-refractivity contribution is 0.0595. The fourth-order valence-corrected chi connectivity index (χ4v) is 2.07. The third kappa shape index (κ3) is 3.20. The van der Waals surface area contributed by atoms with E-state index in [1.807, 2.05) is 0 Å². The summed E-state index contributed by atoms with van der Waals surface area (Å²) in [6.45, 7) is 1.82. The van der Waals surface area contributed by atoms with Crippen LogP contribution in [0.5, 0.6) is 0 Å². The van der Waals surface area contributed by atoms with Gasteiger partial charge in [-0.1, -0.05) is 0 Å². The Morgan fingerprint density at radius 3 is 2.84 bits per heavy atom. The molecule has 1 aliphatic rings. The lowest BCUT2D eigenvalue weighted by Gasteiger charge is -2.22. The Kier molecular flexibility index (Phi) is 4.31. The molecule has 0 bridgehead atoms. The minimum Gasteiger partial charge on any atom is -0.478 e. The molecular weight excluding hydrogens is 256 g/mol. The second-order valence-corrected chi connectivity index (χ2v) is 4.56. The number of hydrogen-bond donors (Lipinski definition) is 2. The van der Waals surface area contributed by atoms with E-state index in [-0.39, 0.29) is 11.6 Å². The highest BCUT2D eigenvalue weighted by molar-refractivity contribution is 5.88. The molecule has 1 aromatic carbocycles. The van der Waals surface area contributed by atoms with Crippen LogP contribution in [0.3, 0.4) is 0 Å². The van der Waals surface area contributed by atoms with Crippen molar-refractivity contribution in [2.24, 2.45) is 5.92 Å². The number of halogens is 2. The molecule has 2 N–H and O–H groups in total. The summed E-state index contributed by atoms with van der Waals surface area (Å²) in [5.41, 5.74) is -0.683. The van der Waals surface area contributed by atoms with Gasteiger partial charge < -0.3 is 15.2 Å². The molecule has 6 heteroatoms. The molecule has 4 nitrogen and oxygen atoms in total. The summed E-state index contributed by atoms with van der Waals surface area (Å²) >= 11 is 0. The van der Waals surface area contributed by atoms with Crippen LogP contribution < -0.4 is 5.32 Å². The maximum Gasteiger partial charge on any atom is 0.338 e. The Labute approximate surface area is 109 Å². The molecule has 1 atom stereocenters. The van der Waals surface area contributed by atoms with Gasteiger partial charge in [0.05, 0.1) is 17.9 Å². The van der Waals surface area contributed by atoms with Gasteiger partial charge in [0.25, 0.3) is 0 Å². The fraction of sp³-hybridized carbons (Fsp3) is 0.462. The summed E-state index contributed by atoms with van der Waals surface area (Å²) in [6, 6.07) is 2.30. The van der Waals surface area contributed by atoms with E-state index >= 15 is 0 Å². The molecule has 0 saturated carbocycles. The molecule has 1 aliphatic heterocycles. The lowest BCUT2D eigenvalue weighted by atomic mass is 10.0. The predicted octanol–water partition coefficient (Wildman–Crippen LogP) is 2.50. The third-order valence-corrected chi connectivity index (χ3v) is 3.15. The van der Waals surface area contributed by atoms with Crippen molar-refractivity contribution < 1.29 is 23.4 Å². The Morgan fingerprint density at radius 2 is 2.21 bits per heavy atom. The second kappa shape index (κ2) is 5.97. The second-order valence-electron chi connectivity index (χ2n) is 4.56. The van der Waals surface area contributed by atoms with E-state index in [0.717, 1.165) is 25.5 Å². The van der Waals surface area contributed by atoms with E-state index in [2.05, 4.69) is 5.32 Å². The number of carbonyl (C=O) groups is 1. The summed E-state index contributed by atoms with van der Waals surface area (Å²) in [7, 11) is 0. The molecule has 0 aliphatic carbocycles. The quantitative estimate of drug-likeness (QED) is 0.883. The van der Waals surface area contributed by atoms with Crippen LogP contribution in [0.2, 0.25) is 0 Å². The van der Waals surface area contributed by atoms with Crippen LogP contribution in [-0.2, 0) is 4.74 Å². The molecule has 1 heterocycles. The lowest BCUT2D eigenvalue weighted by Crippen LogP contribution is -2.24. The zero-order chi connectivity index (χ0) is 13.8. The first kappa shape index (κ1) is 13.7. The monoisotopic (exact) mass is 271 g/mol. The number of carboxylic acid groups (broad SMARTS) is 1. The van der Waals surface area contributed by atoms with E-state index in [4.69, 9.17) is 9.84 Å². The van der Waals surface area contributed by atoms with Crippen LogP contribution >= 0.6 is 0 Å². The first-order chi connectivity index (χ1) is 9.09. The number of nitrogens with one attached hydrogen (secondary N) is 1. The van der Waals surface area contributed by atoms with E-state index in [1.54, 1.807) is 0 Å². The van der Waals surface area contributed by atoms with Gasteiger partial charge in [-0.2, -0.15) is 0 Å². The van der Waals surface area contributed by atoms with Crippen molar-refractivity contribution in [1.29, 1.82) is 0 Å². The molecule has 1 unspecified atom stereocenters. The van der Waals surface area contributed by atoms with Crippen LogP contribution in [0.15, 0.2) is 12.1 Å². The minimum absolute atomic E-state index is 0.0203. The Bertz CT molecular complexity index is 473. The molecule has 0 amide bonds. The first-order valence-corrected chi connectivity index (χ1v) is 6.12. The van der Waals surface area contributed by atoms with Crippen molar-refractivity contribution in [2.75, 3.05) is 25.1 Å². The van der Waals surface area contributed by atoms with Crippen LogP contribution in [0.25, 0.3) is 0 Å². The van der Waals surface area contributed by atoms with Gasteiger partial charge in [-0.05, 0) is 30.9 Å². The van der Waals surface area contributed by atoms with Gasteiger partial charge in [-0.25, -0.2) is 13.6 Å². The predicted molar refractivity (Wildman–Crippen MR) is 65.4 cm³/mol. The van der Waals surface area contributed by atoms with Crippen molar-refractivity contribution in [3.05, 3.63) is 29.3 Å². The van der Waals surface area contributed by atoms with Crippen LogP contribution in [0, 0.1) is 17.6 Å². The number of carboxylic acids is 1. The normalized spacial score (nSPS) is 19.2. The first-order valence-electron chi connectivity index (χ1n) is 6.12. The van der Waals surface area contributed by atoms with Gasteiger partial charge in [0.15, 0.2) is 11.6 Å². The zero-order valence-corrected chi connectivity index (χ0v) is 10.3. The van der Waals surface area contributed by atoms with Crippen molar-refractivity contribution in [3.63, 3.8) is 0 Å². The molecule has 19 heavy (non-hydrogen) atoms. The number of hydrogen-bond acceptors (Lipinski definition) is 3. The van der Waals surface area contributed by atoms with Crippen molar-refractivity contribution in [3.8, 4) is 0 Å². The molecule has 1 fully saturated rings. The molecule has 0 radical (unpaired) electrons. The van der Waals surface area contributed by atoms with Gasteiger partial charge in [0.2, 0.25) is 0 Å². The van der Waals surface area contributed by atoms with E-state index in [0.29, 0.717) is 13.2 Å². The minimum atomic E-state index is -1.48. The summed E-state index contributed by atoms with van der Waals surface area (Å²) in [5.74, 6) is -3.71. The summed E-state index contributed by atoms with van der Waals surface area (Å²) < 4.78 is 32.4. The average molecular weight is 271 g/mol. The maximum atomic E-state index is 13.6. The van der Waals surface area contributed by atoms with E-state index in [1.165, 1.54) is 6.07 Å². The van der Waals surface area contributed by atoms with Crippen molar-refractivity contribution in [1.82, 2.24) is 0 Å². The largest absolute Gasteiger partial charge is 0.478 e. The Balaban J connectivity index is 2.04. The average Bonchev–Trinajstić information content (AvgIpc) is 2.41. The summed E-state index contributed by atoms with van der Waals surface area (Å²) in [5, 5.41) is 11.5. The fourth-order valence-electron chi connectivity index (χ4n) is 2.07. The zero-order valence-electron chi connectivity index (χ0n) is 10.3. The SMILES string of the molecule is O=C(O)c1ccc(NCC2CCCOC2)c(F)c1F. The smallest absolute Gasteiger partial charge is 0.338 e. The van der Waals surface area contributed by atoms with Gasteiger partial charge in [-0.15, -0.1) is 0 Å². The van der Waals surface area contributed by atoms with Crippen LogP contribution in [0.4, 0.5) is 14.5 Å². The summed E-state index contributed by atoms with van der Waals surface area (Å²) in [6.07, 6.45) is 1.94. The number of aromatic carboxylic acids is 1. The molecule has 0 spiro atoms. The molecule has 1 aromatic rings. The molecule has 104 valence electrons. The van der Waals surface area contributed by atoms with E-state index in [9.17, 15) is 13.6 Å². The topological polar surface area (TPSA) is 58.6 Å². The highest BCUT2D eigenvalue weighted by Crippen LogP contribution is 2.22. The molecular formula is C13H15F2NO3. The number of rotatable bonds is 4. The van der Waals surface area contributed by atoms with E-state index < -0.39 is 23.2 Å². The van der Waals surface area contributed by atoms with Crippen molar-refractivity contribution >= 4 is 11.7 Å². The van der Waals surface area contributed by atoms with Crippen LogP contribution in [-0.4, -0.2) is 30.8 Å². The van der Waals surface area contributed by atoms with Crippen molar-refractivity contribution in [2.45, 2.75) is 12.8 Å². The molecule has 0 aromatic heterocycles. The number of benzene rings is 1. The summed E-state index contributed by atoms with van der Waals surface area (Å²) in [4.78, 5) is 10.6. The Hall–Kier alpha value is -1.69. The third-order valence-electron chi connectivity index (χ3n) is 3.15. The maximum absolute atomic E-state index is 13.6. The van der Waals surface area contributed by atoms with Gasteiger partial charge in [-0.3, -0.25) is 0 Å². The Morgan fingerprint density at radius 1 is 1.42 bits per heavy atom. The van der Waals surface area contributed by atoms with Gasteiger partial charge >= 0.3 is 5.97 Å². The highest BCUT2D eigenvalue weighted by Gasteiger charge is 2.19. The standard InChI is InChI=1S/C13H15F2NO3/c14-11-9(13(17)18)3-4-10(12(11)15)16-6-8-2-1-5-19-7-8/h3-4,8,16H,1-2,5-7H2,(H,17,18). The van der Waals surface area contributed by atoms with Gasteiger partial charge in [0, 0.05) is 13.2 Å². The molecule has 2 rings (SSSR count). The molecule has 1 saturated heterocycles. The van der Waals surface area contributed by atoms with Crippen LogP contribution in [0.1, 0.15) is 23.2 Å². The number of anilines is 1. The van der Waals surface area contributed by atoms with Gasteiger partial charge in [0.1, 0.15) is 0 Å². The number of ether oxygens (including phenoxy) is 1. The highest BCUT2D eigenvalue weighted by atomic mass is 19.2.